The molecule has 1 saturated heterocycles. The van der Waals surface area contributed by atoms with E-state index < -0.39 is 5.60 Å². The molecule has 3 atom stereocenters. The van der Waals surface area contributed by atoms with E-state index >= 15 is 0 Å². The van der Waals surface area contributed by atoms with Crippen LogP contribution >= 0.6 is 0 Å². The van der Waals surface area contributed by atoms with E-state index in [4.69, 9.17) is 4.74 Å². The van der Waals surface area contributed by atoms with Crippen molar-refractivity contribution in [1.82, 2.24) is 4.90 Å². The first kappa shape index (κ1) is 14.5. The highest BCUT2D eigenvalue weighted by Gasteiger charge is 2.33. The average molecular weight is 243 g/mol. The lowest BCUT2D eigenvalue weighted by atomic mass is 10.0. The highest BCUT2D eigenvalue weighted by molar-refractivity contribution is 5.75. The van der Waals surface area contributed by atoms with E-state index in [1.54, 1.807) is 0 Å². The molecule has 0 aromatic rings. The van der Waals surface area contributed by atoms with Crippen molar-refractivity contribution in [2.75, 3.05) is 13.1 Å². The van der Waals surface area contributed by atoms with Gasteiger partial charge in [0.2, 0.25) is 0 Å². The number of aliphatic hydroxyl groups excluding tert-OH is 1. The molecule has 1 aliphatic heterocycles. The van der Waals surface area contributed by atoms with Crippen molar-refractivity contribution >= 4 is 5.97 Å². The van der Waals surface area contributed by atoms with Gasteiger partial charge in [0.1, 0.15) is 11.6 Å². The Morgan fingerprint density at radius 1 is 1.41 bits per heavy atom. The quantitative estimate of drug-likeness (QED) is 0.762. The molecule has 3 unspecified atom stereocenters. The Balaban J connectivity index is 2.49. The maximum atomic E-state index is 11.9. The van der Waals surface area contributed by atoms with E-state index in [9.17, 15) is 9.90 Å². The van der Waals surface area contributed by atoms with E-state index in [1.807, 2.05) is 34.6 Å². The number of likely N-dealkylation sites (tertiary alicyclic amines) is 1. The van der Waals surface area contributed by atoms with Crippen LogP contribution in [0.1, 0.15) is 41.0 Å². The van der Waals surface area contributed by atoms with Gasteiger partial charge in [0.05, 0.1) is 6.10 Å². The molecule has 0 spiro atoms. The monoisotopic (exact) mass is 243 g/mol. The first-order valence-electron chi connectivity index (χ1n) is 6.35. The minimum absolute atomic E-state index is 0.177. The maximum Gasteiger partial charge on any atom is 0.323 e. The number of hydrogen-bond donors (Lipinski definition) is 1. The molecule has 1 fully saturated rings. The summed E-state index contributed by atoms with van der Waals surface area (Å²) in [5.41, 5.74) is -0.436. The highest BCUT2D eigenvalue weighted by atomic mass is 16.6. The molecule has 0 amide bonds. The molecule has 1 heterocycles. The summed E-state index contributed by atoms with van der Waals surface area (Å²) in [5.74, 6) is 0.101. The third-order valence-corrected chi connectivity index (χ3v) is 3.23. The van der Waals surface area contributed by atoms with Crippen molar-refractivity contribution in [3.8, 4) is 0 Å². The largest absolute Gasteiger partial charge is 0.459 e. The lowest BCUT2D eigenvalue weighted by Crippen LogP contribution is -2.41. The van der Waals surface area contributed by atoms with Crippen molar-refractivity contribution in [2.24, 2.45) is 5.92 Å². The van der Waals surface area contributed by atoms with E-state index in [2.05, 4.69) is 4.90 Å². The maximum absolute atomic E-state index is 11.9. The Morgan fingerprint density at radius 3 is 2.41 bits per heavy atom. The number of ether oxygens (including phenoxy) is 1. The zero-order valence-electron chi connectivity index (χ0n) is 11.6. The number of hydrogen-bond acceptors (Lipinski definition) is 4. The van der Waals surface area contributed by atoms with E-state index in [1.165, 1.54) is 0 Å². The fourth-order valence-electron chi connectivity index (χ4n) is 2.10. The molecule has 0 radical (unpaired) electrons. The van der Waals surface area contributed by atoms with E-state index in [-0.39, 0.29) is 24.0 Å². The lowest BCUT2D eigenvalue weighted by Gasteiger charge is -2.27. The summed E-state index contributed by atoms with van der Waals surface area (Å²) in [6.07, 6.45) is 0.649. The lowest BCUT2D eigenvalue weighted by molar-refractivity contribution is -0.160. The number of esters is 1. The van der Waals surface area contributed by atoms with Gasteiger partial charge in [-0.1, -0.05) is 0 Å². The molecule has 0 aromatic heterocycles. The van der Waals surface area contributed by atoms with Crippen LogP contribution in [0.5, 0.6) is 0 Å². The molecular weight excluding hydrogens is 218 g/mol. The van der Waals surface area contributed by atoms with E-state index in [0.717, 1.165) is 19.5 Å². The first-order chi connectivity index (χ1) is 7.70. The van der Waals surface area contributed by atoms with Crippen LogP contribution in [-0.4, -0.2) is 46.8 Å². The summed E-state index contributed by atoms with van der Waals surface area (Å²) >= 11 is 0. The predicted molar refractivity (Wildman–Crippen MR) is 66.7 cm³/mol. The van der Waals surface area contributed by atoms with Crippen LogP contribution in [0.4, 0.5) is 0 Å². The topological polar surface area (TPSA) is 49.8 Å². The molecule has 1 aliphatic rings. The number of aliphatic hydroxyl groups is 1. The van der Waals surface area contributed by atoms with Crippen LogP contribution in [-0.2, 0) is 9.53 Å². The van der Waals surface area contributed by atoms with Gasteiger partial charge in [0, 0.05) is 6.54 Å². The van der Waals surface area contributed by atoms with Gasteiger partial charge in [-0.05, 0) is 53.5 Å². The van der Waals surface area contributed by atoms with Gasteiger partial charge in [-0.25, -0.2) is 0 Å². The van der Waals surface area contributed by atoms with Crippen molar-refractivity contribution in [1.29, 1.82) is 0 Å². The summed E-state index contributed by atoms with van der Waals surface area (Å²) < 4.78 is 5.36. The molecule has 4 nitrogen and oxygen atoms in total. The van der Waals surface area contributed by atoms with Crippen LogP contribution in [0.2, 0.25) is 0 Å². The number of carbonyl (C=O) groups is 1. The van der Waals surface area contributed by atoms with Crippen molar-refractivity contribution < 1.29 is 14.6 Å². The van der Waals surface area contributed by atoms with Crippen LogP contribution in [0.15, 0.2) is 0 Å². The van der Waals surface area contributed by atoms with Crippen LogP contribution in [0.25, 0.3) is 0 Å². The third kappa shape index (κ3) is 4.28. The molecule has 1 rings (SSSR count). The second-order valence-corrected chi connectivity index (χ2v) is 5.99. The Morgan fingerprint density at radius 2 is 2.00 bits per heavy atom. The van der Waals surface area contributed by atoms with Crippen molar-refractivity contribution in [2.45, 2.75) is 58.8 Å². The smallest absolute Gasteiger partial charge is 0.323 e. The van der Waals surface area contributed by atoms with Gasteiger partial charge in [-0.2, -0.15) is 0 Å². The summed E-state index contributed by atoms with van der Waals surface area (Å²) in [6.45, 7) is 10.9. The van der Waals surface area contributed by atoms with Gasteiger partial charge in [0.15, 0.2) is 0 Å². The Hall–Kier alpha value is -0.610. The number of rotatable bonds is 3. The Kier molecular flexibility index (Phi) is 4.55. The summed E-state index contributed by atoms with van der Waals surface area (Å²) in [5, 5.41) is 9.53. The van der Waals surface area contributed by atoms with Crippen LogP contribution in [0, 0.1) is 5.92 Å². The van der Waals surface area contributed by atoms with Gasteiger partial charge in [-0.3, -0.25) is 9.69 Å². The standard InChI is InChI=1S/C13H25NO3/c1-9(12(16)17-13(3,4)5)14-7-6-11(8-14)10(2)15/h9-11,15H,6-8H2,1-5H3. The van der Waals surface area contributed by atoms with E-state index in [0.29, 0.717) is 0 Å². The SMILES string of the molecule is CC(O)C1CCN(C(C)C(=O)OC(C)(C)C)C1. The van der Waals surface area contributed by atoms with Crippen LogP contribution in [0.3, 0.4) is 0 Å². The van der Waals surface area contributed by atoms with Gasteiger partial charge >= 0.3 is 5.97 Å². The fraction of sp³-hybridized carbons (Fsp3) is 0.923. The number of nitrogens with zero attached hydrogens (tertiary/aromatic N) is 1. The zero-order valence-corrected chi connectivity index (χ0v) is 11.6. The van der Waals surface area contributed by atoms with Gasteiger partial charge in [0.25, 0.3) is 0 Å². The molecule has 17 heavy (non-hydrogen) atoms. The average Bonchev–Trinajstić information content (AvgIpc) is 2.62. The fourth-order valence-corrected chi connectivity index (χ4v) is 2.10. The molecule has 0 aliphatic carbocycles. The molecule has 0 bridgehead atoms. The first-order valence-corrected chi connectivity index (χ1v) is 6.35. The summed E-state index contributed by atoms with van der Waals surface area (Å²) in [6, 6.07) is -0.224. The minimum Gasteiger partial charge on any atom is -0.459 e. The minimum atomic E-state index is -0.436. The highest BCUT2D eigenvalue weighted by Crippen LogP contribution is 2.22. The number of carbonyl (C=O) groups excluding carboxylic acids is 1. The Labute approximate surface area is 104 Å². The normalized spacial score (nSPS) is 25.6. The molecule has 1 N–H and O–H groups in total. The van der Waals surface area contributed by atoms with Crippen molar-refractivity contribution in [3.05, 3.63) is 0 Å². The summed E-state index contributed by atoms with van der Waals surface area (Å²) in [4.78, 5) is 14.0. The predicted octanol–water partition coefficient (Wildman–Crippen LogP) is 1.42. The zero-order chi connectivity index (χ0) is 13.2. The molecule has 100 valence electrons. The van der Waals surface area contributed by atoms with Crippen LogP contribution < -0.4 is 0 Å². The molecule has 0 saturated carbocycles. The Bertz CT molecular complexity index is 270. The second-order valence-electron chi connectivity index (χ2n) is 5.99. The molecular formula is C13H25NO3. The van der Waals surface area contributed by atoms with Gasteiger partial charge in [-0.15, -0.1) is 0 Å². The molecule has 4 heteroatoms. The second kappa shape index (κ2) is 5.36. The third-order valence-electron chi connectivity index (χ3n) is 3.23. The summed E-state index contributed by atoms with van der Waals surface area (Å²) in [7, 11) is 0. The van der Waals surface area contributed by atoms with Gasteiger partial charge < -0.3 is 9.84 Å². The molecule has 0 aromatic carbocycles. The van der Waals surface area contributed by atoms with Crippen molar-refractivity contribution in [3.63, 3.8) is 0 Å².